The van der Waals surface area contributed by atoms with Crippen LogP contribution in [0, 0.1) is 13.8 Å². The van der Waals surface area contributed by atoms with Gasteiger partial charge in [-0.3, -0.25) is 0 Å². The Hall–Kier alpha value is -3.15. The van der Waals surface area contributed by atoms with Crippen LogP contribution in [0.5, 0.6) is 0 Å². The van der Waals surface area contributed by atoms with Gasteiger partial charge in [0.15, 0.2) is 0 Å². The third-order valence-electron chi connectivity index (χ3n) is 3.35. The quantitative estimate of drug-likeness (QED) is 0.808. The summed E-state index contributed by atoms with van der Waals surface area (Å²) in [7, 11) is 0. The number of cyclic esters (lactones) is 1. The monoisotopic (exact) mass is 311 g/mol. The summed E-state index contributed by atoms with van der Waals surface area (Å²) in [4.78, 5) is 11.8. The smallest absolute Gasteiger partial charge is 0.433 e. The summed E-state index contributed by atoms with van der Waals surface area (Å²) in [5, 5.41) is 14.6. The van der Waals surface area contributed by atoms with Gasteiger partial charge in [-0.2, -0.15) is 0 Å². The van der Waals surface area contributed by atoms with Crippen LogP contribution in [0.25, 0.3) is 0 Å². The van der Waals surface area contributed by atoms with Gasteiger partial charge in [-0.1, -0.05) is 24.3 Å². The van der Waals surface area contributed by atoms with Gasteiger partial charge in [0.2, 0.25) is 0 Å². The standard InChI is InChI=1S/C17H17N3O3/c1-11-5-3-7-13(9-11)18-15-16(21)20(19-17(22)23-15)14-8-4-6-12(2)10-14/h3-10,18,21H,1-2H3,(H,19,22). The zero-order chi connectivity index (χ0) is 16.4. The Balaban J connectivity index is 1.94. The summed E-state index contributed by atoms with van der Waals surface area (Å²) in [6.45, 7) is 3.88. The number of aliphatic hydroxyl groups excluding tert-OH is 1. The molecule has 23 heavy (non-hydrogen) atoms. The van der Waals surface area contributed by atoms with Gasteiger partial charge in [-0.15, -0.1) is 0 Å². The second kappa shape index (κ2) is 5.92. The number of nitrogens with zero attached hydrogens (tertiary/aromatic N) is 1. The van der Waals surface area contributed by atoms with Crippen LogP contribution in [0.15, 0.2) is 60.3 Å². The van der Waals surface area contributed by atoms with Gasteiger partial charge in [0.1, 0.15) is 0 Å². The van der Waals surface area contributed by atoms with Crippen LogP contribution in [0.4, 0.5) is 16.2 Å². The van der Waals surface area contributed by atoms with Crippen LogP contribution in [-0.2, 0) is 4.74 Å². The Morgan fingerprint density at radius 1 is 1.09 bits per heavy atom. The van der Waals surface area contributed by atoms with Crippen molar-refractivity contribution >= 4 is 17.5 Å². The van der Waals surface area contributed by atoms with E-state index in [2.05, 4.69) is 10.7 Å². The van der Waals surface area contributed by atoms with Crippen LogP contribution in [0.3, 0.4) is 0 Å². The number of rotatable bonds is 3. The van der Waals surface area contributed by atoms with E-state index in [0.29, 0.717) is 11.4 Å². The molecule has 0 saturated carbocycles. The third-order valence-corrected chi connectivity index (χ3v) is 3.35. The van der Waals surface area contributed by atoms with E-state index in [1.54, 1.807) is 6.07 Å². The summed E-state index contributed by atoms with van der Waals surface area (Å²) >= 11 is 0. The highest BCUT2D eigenvalue weighted by Crippen LogP contribution is 2.24. The molecule has 0 aliphatic carbocycles. The number of nitrogens with one attached hydrogen (secondary N) is 2. The molecule has 0 aromatic heterocycles. The molecule has 118 valence electrons. The molecule has 1 aliphatic heterocycles. The molecule has 0 unspecified atom stereocenters. The van der Waals surface area contributed by atoms with E-state index in [-0.39, 0.29) is 11.8 Å². The van der Waals surface area contributed by atoms with Crippen LogP contribution in [0.2, 0.25) is 0 Å². The first-order chi connectivity index (χ1) is 11.0. The van der Waals surface area contributed by atoms with Crippen LogP contribution in [0.1, 0.15) is 11.1 Å². The summed E-state index contributed by atoms with van der Waals surface area (Å²) in [6.07, 6.45) is -0.681. The number of hydrogen-bond donors (Lipinski definition) is 3. The first kappa shape index (κ1) is 14.8. The van der Waals surface area contributed by atoms with E-state index in [9.17, 15) is 9.90 Å². The van der Waals surface area contributed by atoms with Crippen molar-refractivity contribution in [2.24, 2.45) is 0 Å². The fourth-order valence-corrected chi connectivity index (χ4v) is 2.30. The van der Waals surface area contributed by atoms with Crippen molar-refractivity contribution in [1.29, 1.82) is 0 Å². The van der Waals surface area contributed by atoms with E-state index >= 15 is 0 Å². The molecule has 1 amide bonds. The van der Waals surface area contributed by atoms with Crippen molar-refractivity contribution in [3.63, 3.8) is 0 Å². The second-order valence-electron chi connectivity index (χ2n) is 5.32. The Morgan fingerprint density at radius 2 is 1.78 bits per heavy atom. The Bertz CT molecular complexity index is 786. The van der Waals surface area contributed by atoms with Gasteiger partial charge < -0.3 is 15.2 Å². The highest BCUT2D eigenvalue weighted by Gasteiger charge is 2.28. The van der Waals surface area contributed by atoms with Crippen LogP contribution >= 0.6 is 0 Å². The van der Waals surface area contributed by atoms with Gasteiger partial charge in [-0.05, 0) is 49.2 Å². The largest absolute Gasteiger partial charge is 0.489 e. The number of ether oxygens (including phenoxy) is 1. The number of hydrazine groups is 1. The van der Waals surface area contributed by atoms with Crippen molar-refractivity contribution in [3.05, 3.63) is 71.4 Å². The van der Waals surface area contributed by atoms with Crippen molar-refractivity contribution in [1.82, 2.24) is 5.43 Å². The maximum absolute atomic E-state index is 11.8. The molecule has 2 aromatic rings. The number of aliphatic hydroxyl groups is 1. The lowest BCUT2D eigenvalue weighted by Gasteiger charge is -2.29. The van der Waals surface area contributed by atoms with E-state index in [0.717, 1.165) is 11.1 Å². The number of amides is 1. The van der Waals surface area contributed by atoms with Crippen molar-refractivity contribution < 1.29 is 14.6 Å². The fraction of sp³-hybridized carbons (Fsp3) is 0.118. The number of carbonyl (C=O) groups is 1. The average molecular weight is 311 g/mol. The van der Waals surface area contributed by atoms with Crippen molar-refractivity contribution in [3.8, 4) is 0 Å². The summed E-state index contributed by atoms with van der Waals surface area (Å²) in [5.41, 5.74) is 5.85. The minimum absolute atomic E-state index is 0.0270. The van der Waals surface area contributed by atoms with Gasteiger partial charge in [0, 0.05) is 5.69 Å². The second-order valence-corrected chi connectivity index (χ2v) is 5.32. The molecular weight excluding hydrogens is 294 g/mol. The predicted octanol–water partition coefficient (Wildman–Crippen LogP) is 3.56. The molecule has 0 spiro atoms. The number of anilines is 2. The Kier molecular flexibility index (Phi) is 3.80. The van der Waals surface area contributed by atoms with Gasteiger partial charge in [0.25, 0.3) is 11.8 Å². The Labute approximate surface area is 134 Å². The van der Waals surface area contributed by atoms with E-state index in [4.69, 9.17) is 4.74 Å². The lowest BCUT2D eigenvalue weighted by atomic mass is 10.2. The topological polar surface area (TPSA) is 73.8 Å². The number of benzene rings is 2. The molecule has 3 rings (SSSR count). The zero-order valence-electron chi connectivity index (χ0n) is 12.8. The lowest BCUT2D eigenvalue weighted by Crippen LogP contribution is -2.47. The van der Waals surface area contributed by atoms with Crippen molar-refractivity contribution in [2.45, 2.75) is 13.8 Å². The normalized spacial score (nSPS) is 14.3. The van der Waals surface area contributed by atoms with Gasteiger partial charge in [-0.25, -0.2) is 15.2 Å². The summed E-state index contributed by atoms with van der Waals surface area (Å²) in [5.74, 6) is -0.252. The van der Waals surface area contributed by atoms with Crippen LogP contribution < -0.4 is 15.8 Å². The van der Waals surface area contributed by atoms with Crippen molar-refractivity contribution in [2.75, 3.05) is 10.3 Å². The molecule has 2 aromatic carbocycles. The average Bonchev–Trinajstić information content (AvgIpc) is 2.50. The lowest BCUT2D eigenvalue weighted by molar-refractivity contribution is 0.155. The molecule has 0 radical (unpaired) electrons. The molecule has 0 atom stereocenters. The maximum Gasteiger partial charge on any atom is 0.433 e. The summed E-state index contributed by atoms with van der Waals surface area (Å²) < 4.78 is 5.05. The molecule has 3 N–H and O–H groups in total. The fourth-order valence-electron chi connectivity index (χ4n) is 2.30. The molecular formula is C17H17N3O3. The Morgan fingerprint density at radius 3 is 2.48 bits per heavy atom. The first-order valence-corrected chi connectivity index (χ1v) is 7.15. The number of hydrogen-bond acceptors (Lipinski definition) is 5. The molecule has 0 saturated heterocycles. The SMILES string of the molecule is Cc1cccc(NC2=C(O)N(c3cccc(C)c3)NC(=O)O2)c1. The molecule has 0 bridgehead atoms. The highest BCUT2D eigenvalue weighted by atomic mass is 16.6. The van der Waals surface area contributed by atoms with Gasteiger partial charge in [0.05, 0.1) is 5.69 Å². The summed E-state index contributed by atoms with van der Waals surface area (Å²) in [6, 6.07) is 14.9. The molecule has 1 aliphatic rings. The van der Waals surface area contributed by atoms with E-state index in [1.165, 1.54) is 5.01 Å². The van der Waals surface area contributed by atoms with Crippen LogP contribution in [-0.4, -0.2) is 11.2 Å². The molecule has 1 heterocycles. The maximum atomic E-state index is 11.8. The van der Waals surface area contributed by atoms with E-state index < -0.39 is 6.09 Å². The molecule has 6 nitrogen and oxygen atoms in total. The number of aryl methyl sites for hydroxylation is 2. The molecule has 0 fully saturated rings. The minimum Gasteiger partial charge on any atom is -0.489 e. The zero-order valence-corrected chi connectivity index (χ0v) is 12.8. The predicted molar refractivity (Wildman–Crippen MR) is 87.7 cm³/mol. The number of carbonyl (C=O) groups excluding carboxylic acids is 1. The van der Waals surface area contributed by atoms with E-state index in [1.807, 2.05) is 56.3 Å². The molecule has 6 heteroatoms. The third kappa shape index (κ3) is 3.21. The highest BCUT2D eigenvalue weighted by molar-refractivity contribution is 5.75. The van der Waals surface area contributed by atoms with Gasteiger partial charge >= 0.3 is 6.09 Å². The minimum atomic E-state index is -0.681. The first-order valence-electron chi connectivity index (χ1n) is 7.15.